The molecule has 0 aliphatic carbocycles. The molecule has 1 aromatic carbocycles. The summed E-state index contributed by atoms with van der Waals surface area (Å²) in [6.45, 7) is 3.24. The van der Waals surface area contributed by atoms with Crippen molar-refractivity contribution >= 4 is 23.8 Å². The van der Waals surface area contributed by atoms with Gasteiger partial charge < -0.3 is 21.3 Å². The second kappa shape index (κ2) is 9.79. The fraction of sp³-hybridized carbons (Fsp3) is 0.480. The summed E-state index contributed by atoms with van der Waals surface area (Å²) in [7, 11) is 0. The van der Waals surface area contributed by atoms with Crippen LogP contribution in [-0.4, -0.2) is 58.0 Å². The zero-order valence-electron chi connectivity index (χ0n) is 20.1. The first-order valence-corrected chi connectivity index (χ1v) is 12.4. The number of rotatable bonds is 3. The molecule has 11 heteroatoms. The van der Waals surface area contributed by atoms with Crippen LogP contribution in [0.3, 0.4) is 0 Å². The number of amides is 2. The molecule has 192 valence electrons. The first-order valence-electron chi connectivity index (χ1n) is 12.4. The van der Waals surface area contributed by atoms with E-state index in [2.05, 4.69) is 20.6 Å². The van der Waals surface area contributed by atoms with Crippen LogP contribution in [-0.2, 0) is 0 Å². The third-order valence-corrected chi connectivity index (χ3v) is 7.37. The molecule has 1 fully saturated rings. The number of fused-ring (bicyclic) bond motifs is 1. The van der Waals surface area contributed by atoms with E-state index in [0.29, 0.717) is 38.8 Å². The number of H-pyrrole nitrogens is 1. The number of carbonyl (C=O) groups excluding carboxylic acids is 1. The van der Waals surface area contributed by atoms with E-state index in [4.69, 9.17) is 5.73 Å². The smallest absolute Gasteiger partial charge is 0.327 e. The number of hydrogen-bond donors (Lipinski definition) is 4. The van der Waals surface area contributed by atoms with Crippen molar-refractivity contribution in [1.82, 2.24) is 19.8 Å². The second-order valence-corrected chi connectivity index (χ2v) is 9.76. The number of nitrogens with two attached hydrogens (primary N) is 1. The molecule has 4 heterocycles. The van der Waals surface area contributed by atoms with Gasteiger partial charge in [-0.3, -0.25) is 14.5 Å². The van der Waals surface area contributed by atoms with E-state index in [1.54, 1.807) is 15.5 Å². The number of nitrogens with zero attached hydrogens (tertiary/aromatic N) is 3. The van der Waals surface area contributed by atoms with E-state index < -0.39 is 17.7 Å². The number of imidazole rings is 1. The number of urea groups is 1. The van der Waals surface area contributed by atoms with Gasteiger partial charge in [0.1, 0.15) is 11.7 Å². The summed E-state index contributed by atoms with van der Waals surface area (Å²) in [4.78, 5) is 34.6. The molecule has 1 aromatic heterocycles. The number of nitrogens with one attached hydrogen (secondary N) is 3. The maximum atomic E-state index is 14.3. The van der Waals surface area contributed by atoms with Crippen LogP contribution in [0.15, 0.2) is 34.1 Å². The van der Waals surface area contributed by atoms with Gasteiger partial charge in [-0.1, -0.05) is 18.2 Å². The van der Waals surface area contributed by atoms with Gasteiger partial charge in [0.05, 0.1) is 11.7 Å². The van der Waals surface area contributed by atoms with Gasteiger partial charge in [0.25, 0.3) is 0 Å². The largest absolute Gasteiger partial charge is 0.386 e. The molecule has 3 atom stereocenters. The summed E-state index contributed by atoms with van der Waals surface area (Å²) in [5.41, 5.74) is 7.11. The Kier molecular flexibility index (Phi) is 6.55. The average molecular weight is 500 g/mol. The van der Waals surface area contributed by atoms with E-state index in [0.717, 1.165) is 17.6 Å². The SMILES string of the molecule is CC1C=Cc2c([nH]c(=O)n2C2CCN(C(=O)N[C@@H]3CC[C@@H](c4cccc(F)c4F)CN=C3N)CC2)N1. The number of aromatic amines is 1. The lowest BCUT2D eigenvalue weighted by Crippen LogP contribution is -2.52. The Morgan fingerprint density at radius 3 is 2.75 bits per heavy atom. The molecule has 0 spiro atoms. The summed E-state index contributed by atoms with van der Waals surface area (Å²) in [5, 5.41) is 6.22. The average Bonchev–Trinajstić information content (AvgIpc) is 3.08. The Balaban J connectivity index is 1.19. The standard InChI is InChI=1S/C25H31F2N7O2/c1-14-5-8-20-23(30-14)32-25(36)34(20)16-9-11-33(12-10-16)24(35)31-19-7-6-15(13-29-22(19)28)17-3-2-4-18(26)21(17)27/h2-5,8,14-16,19,30H,6-7,9-13H2,1H3,(H2,28,29)(H,31,35)(H,32,36)/t14?,15-,19-/m1/s1. The molecule has 0 bridgehead atoms. The lowest BCUT2D eigenvalue weighted by molar-refractivity contribution is 0.169. The van der Waals surface area contributed by atoms with Crippen molar-refractivity contribution < 1.29 is 13.6 Å². The maximum absolute atomic E-state index is 14.3. The van der Waals surface area contributed by atoms with Crippen molar-refractivity contribution in [2.45, 2.75) is 56.7 Å². The number of likely N-dealkylation sites (tertiary alicyclic amines) is 1. The predicted octanol–water partition coefficient (Wildman–Crippen LogP) is 2.93. The van der Waals surface area contributed by atoms with Crippen molar-refractivity contribution in [2.75, 3.05) is 25.0 Å². The molecule has 5 rings (SSSR count). The molecule has 0 saturated carbocycles. The minimum absolute atomic E-state index is 0.00663. The second-order valence-electron chi connectivity index (χ2n) is 9.76. The van der Waals surface area contributed by atoms with Crippen LogP contribution >= 0.6 is 0 Å². The Morgan fingerprint density at radius 1 is 1.19 bits per heavy atom. The molecule has 2 aromatic rings. The van der Waals surface area contributed by atoms with Gasteiger partial charge in [-0.2, -0.15) is 0 Å². The summed E-state index contributed by atoms with van der Waals surface area (Å²) in [5.74, 6) is -1.03. The zero-order chi connectivity index (χ0) is 25.4. The van der Waals surface area contributed by atoms with E-state index >= 15 is 0 Å². The van der Waals surface area contributed by atoms with Crippen molar-refractivity contribution in [2.24, 2.45) is 10.7 Å². The van der Waals surface area contributed by atoms with Crippen LogP contribution in [0.2, 0.25) is 0 Å². The summed E-state index contributed by atoms with van der Waals surface area (Å²) >= 11 is 0. The first-order chi connectivity index (χ1) is 17.3. The molecular formula is C25H31F2N7O2. The molecule has 3 aliphatic heterocycles. The van der Waals surface area contributed by atoms with E-state index in [9.17, 15) is 18.4 Å². The third-order valence-electron chi connectivity index (χ3n) is 7.37. The topological polar surface area (TPSA) is 121 Å². The minimum Gasteiger partial charge on any atom is -0.386 e. The summed E-state index contributed by atoms with van der Waals surface area (Å²) in [6.07, 6.45) is 6.26. The highest BCUT2D eigenvalue weighted by Crippen LogP contribution is 2.30. The quantitative estimate of drug-likeness (QED) is 0.519. The van der Waals surface area contributed by atoms with Crippen molar-refractivity contribution in [1.29, 1.82) is 0 Å². The molecule has 1 unspecified atom stereocenters. The van der Waals surface area contributed by atoms with Gasteiger partial charge in [0, 0.05) is 37.6 Å². The molecule has 2 amide bonds. The lowest BCUT2D eigenvalue weighted by atomic mass is 9.93. The Hall–Kier alpha value is -3.63. The van der Waals surface area contributed by atoms with Crippen LogP contribution < -0.4 is 22.1 Å². The van der Waals surface area contributed by atoms with E-state index in [1.807, 2.05) is 19.1 Å². The normalized spacial score (nSPS) is 24.5. The van der Waals surface area contributed by atoms with Gasteiger partial charge in [0.15, 0.2) is 11.6 Å². The monoisotopic (exact) mass is 499 g/mol. The number of amidine groups is 1. The van der Waals surface area contributed by atoms with Gasteiger partial charge in [-0.25, -0.2) is 18.4 Å². The number of hydrogen-bond acceptors (Lipinski definition) is 5. The Bertz CT molecular complexity index is 1260. The molecule has 5 N–H and O–H groups in total. The number of halogens is 2. The molecule has 3 aliphatic rings. The van der Waals surface area contributed by atoms with Gasteiger partial charge >= 0.3 is 11.7 Å². The predicted molar refractivity (Wildman–Crippen MR) is 134 cm³/mol. The molecular weight excluding hydrogens is 468 g/mol. The Morgan fingerprint density at radius 2 is 1.97 bits per heavy atom. The van der Waals surface area contributed by atoms with Crippen LogP contribution in [0.1, 0.15) is 55.8 Å². The van der Waals surface area contributed by atoms with Crippen LogP contribution in [0, 0.1) is 11.6 Å². The molecule has 9 nitrogen and oxygen atoms in total. The highest BCUT2D eigenvalue weighted by Gasteiger charge is 2.31. The van der Waals surface area contributed by atoms with Gasteiger partial charge in [-0.15, -0.1) is 0 Å². The number of aliphatic imine (C=N–C) groups is 1. The van der Waals surface area contributed by atoms with Crippen molar-refractivity contribution in [3.63, 3.8) is 0 Å². The number of aromatic nitrogens is 2. The fourth-order valence-electron chi connectivity index (χ4n) is 5.34. The van der Waals surface area contributed by atoms with Crippen LogP contribution in [0.4, 0.5) is 19.4 Å². The van der Waals surface area contributed by atoms with Crippen molar-refractivity contribution in [3.8, 4) is 0 Å². The lowest BCUT2D eigenvalue weighted by Gasteiger charge is -2.34. The number of anilines is 1. The fourth-order valence-corrected chi connectivity index (χ4v) is 5.34. The van der Waals surface area contributed by atoms with Gasteiger partial charge in [-0.05, 0) is 50.3 Å². The highest BCUT2D eigenvalue weighted by atomic mass is 19.2. The first kappa shape index (κ1) is 24.1. The van der Waals surface area contributed by atoms with Crippen LogP contribution in [0.5, 0.6) is 0 Å². The number of benzene rings is 1. The molecule has 36 heavy (non-hydrogen) atoms. The van der Waals surface area contributed by atoms with Crippen LogP contribution in [0.25, 0.3) is 6.08 Å². The molecule has 0 radical (unpaired) electrons. The summed E-state index contributed by atoms with van der Waals surface area (Å²) < 4.78 is 29.7. The van der Waals surface area contributed by atoms with E-state index in [1.165, 1.54) is 6.07 Å². The third kappa shape index (κ3) is 4.61. The van der Waals surface area contributed by atoms with Crippen molar-refractivity contribution in [3.05, 3.63) is 57.7 Å². The Labute approximate surface area is 207 Å². The van der Waals surface area contributed by atoms with Gasteiger partial charge in [0.2, 0.25) is 0 Å². The minimum atomic E-state index is -0.883. The number of piperidine rings is 1. The maximum Gasteiger partial charge on any atom is 0.327 e. The number of carbonyl (C=O) groups is 1. The highest BCUT2D eigenvalue weighted by molar-refractivity contribution is 5.90. The summed E-state index contributed by atoms with van der Waals surface area (Å²) in [6, 6.07) is 3.57. The molecule has 1 saturated heterocycles. The zero-order valence-corrected chi connectivity index (χ0v) is 20.1. The van der Waals surface area contributed by atoms with E-state index in [-0.39, 0.29) is 47.7 Å².